The summed E-state index contributed by atoms with van der Waals surface area (Å²) in [5.41, 5.74) is 3.92. The molecule has 0 spiro atoms. The molecule has 32 heavy (non-hydrogen) atoms. The molecule has 7 heteroatoms. The van der Waals surface area contributed by atoms with E-state index in [1.54, 1.807) is 7.11 Å². The number of hydrogen-bond donors (Lipinski definition) is 3. The molecular formula is C25H26N4O3. The van der Waals surface area contributed by atoms with Crippen molar-refractivity contribution in [3.05, 3.63) is 74.4 Å². The summed E-state index contributed by atoms with van der Waals surface area (Å²) in [4.78, 5) is 32.1. The van der Waals surface area contributed by atoms with Crippen LogP contribution < -0.4 is 21.3 Å². The second-order valence-electron chi connectivity index (χ2n) is 8.96. The first-order chi connectivity index (χ1) is 15.7. The third kappa shape index (κ3) is 2.84. The molecule has 7 nitrogen and oxygen atoms in total. The predicted octanol–water partition coefficient (Wildman–Crippen LogP) is 2.89. The highest BCUT2D eigenvalue weighted by atomic mass is 16.5. The molecular weight excluding hydrogens is 404 g/mol. The van der Waals surface area contributed by atoms with Gasteiger partial charge in [0.15, 0.2) is 0 Å². The Morgan fingerprint density at radius 3 is 2.81 bits per heavy atom. The molecule has 0 saturated carbocycles. The van der Waals surface area contributed by atoms with Crippen molar-refractivity contribution < 1.29 is 4.74 Å². The number of nitrogens with one attached hydrogen (secondary N) is 3. The number of benzene rings is 2. The number of H-pyrrole nitrogens is 2. The van der Waals surface area contributed by atoms with E-state index in [1.165, 1.54) is 15.7 Å². The van der Waals surface area contributed by atoms with Crippen molar-refractivity contribution in [2.24, 2.45) is 5.92 Å². The maximum absolute atomic E-state index is 13.2. The number of rotatable bonds is 4. The average molecular weight is 431 g/mol. The van der Waals surface area contributed by atoms with Gasteiger partial charge in [-0.3, -0.25) is 9.36 Å². The number of para-hydroxylation sites is 1. The first-order valence-electron chi connectivity index (χ1n) is 11.3. The van der Waals surface area contributed by atoms with Crippen molar-refractivity contribution in [2.45, 2.75) is 37.8 Å². The summed E-state index contributed by atoms with van der Waals surface area (Å²) in [5.74, 6) is 1.91. The van der Waals surface area contributed by atoms with Gasteiger partial charge in [0, 0.05) is 29.4 Å². The average Bonchev–Trinajstić information content (AvgIpc) is 3.40. The lowest BCUT2D eigenvalue weighted by atomic mass is 9.73. The molecule has 0 radical (unpaired) electrons. The van der Waals surface area contributed by atoms with E-state index < -0.39 is 0 Å². The molecule has 3 N–H and O–H groups in total. The fourth-order valence-electron chi connectivity index (χ4n) is 5.91. The van der Waals surface area contributed by atoms with E-state index in [0.29, 0.717) is 35.8 Å². The molecule has 1 unspecified atom stereocenters. The summed E-state index contributed by atoms with van der Waals surface area (Å²) in [7, 11) is 1.73. The Bertz CT molecular complexity index is 1450. The van der Waals surface area contributed by atoms with Crippen LogP contribution in [0.1, 0.15) is 29.9 Å². The molecule has 1 saturated heterocycles. The minimum Gasteiger partial charge on any atom is -0.496 e. The molecule has 6 rings (SSSR count). The number of ether oxygens (including phenoxy) is 1. The molecule has 4 aromatic rings. The third-order valence-corrected chi connectivity index (χ3v) is 7.40. The highest BCUT2D eigenvalue weighted by Crippen LogP contribution is 2.45. The zero-order chi connectivity index (χ0) is 21.8. The zero-order valence-corrected chi connectivity index (χ0v) is 18.0. The maximum Gasteiger partial charge on any atom is 0.328 e. The summed E-state index contributed by atoms with van der Waals surface area (Å²) in [5, 5.41) is 4.53. The number of hydrogen-bond acceptors (Lipinski definition) is 4. The molecule has 0 bridgehead atoms. The second-order valence-corrected chi connectivity index (χ2v) is 8.96. The Kier molecular flexibility index (Phi) is 4.47. The van der Waals surface area contributed by atoms with Crippen LogP contribution in [0.3, 0.4) is 0 Å². The Morgan fingerprint density at radius 2 is 1.94 bits per heavy atom. The van der Waals surface area contributed by atoms with E-state index in [9.17, 15) is 9.59 Å². The lowest BCUT2D eigenvalue weighted by molar-refractivity contribution is 0.371. The molecule has 2 aromatic heterocycles. The Morgan fingerprint density at radius 1 is 1.06 bits per heavy atom. The number of fused-ring (bicyclic) bond motifs is 6. The largest absolute Gasteiger partial charge is 0.496 e. The van der Waals surface area contributed by atoms with E-state index in [2.05, 4.69) is 27.4 Å². The monoisotopic (exact) mass is 430 g/mol. The number of aromatic amines is 2. The van der Waals surface area contributed by atoms with Crippen molar-refractivity contribution in [3.8, 4) is 5.75 Å². The SMILES string of the molecule is COc1cccc2c1CC[C@@H]1CNC(CCn3c(=O)[nH]c4c([nH]c5ccccc54)c3=O)[C@@H]21. The van der Waals surface area contributed by atoms with Gasteiger partial charge >= 0.3 is 5.69 Å². The molecule has 2 aliphatic rings. The Labute approximate surface area is 184 Å². The summed E-state index contributed by atoms with van der Waals surface area (Å²) in [6.45, 7) is 1.35. The van der Waals surface area contributed by atoms with Crippen molar-refractivity contribution in [2.75, 3.05) is 13.7 Å². The smallest absolute Gasteiger partial charge is 0.328 e. The van der Waals surface area contributed by atoms with E-state index in [1.807, 2.05) is 30.3 Å². The summed E-state index contributed by atoms with van der Waals surface area (Å²) >= 11 is 0. The molecule has 2 aromatic carbocycles. The number of methoxy groups -OCH3 is 1. The first kappa shape index (κ1) is 19.4. The van der Waals surface area contributed by atoms with Gasteiger partial charge in [0.2, 0.25) is 0 Å². The second kappa shape index (κ2) is 7.38. The minimum absolute atomic E-state index is 0.218. The van der Waals surface area contributed by atoms with Gasteiger partial charge in [-0.25, -0.2) is 4.79 Å². The summed E-state index contributed by atoms with van der Waals surface area (Å²) in [6, 6.07) is 14.2. The van der Waals surface area contributed by atoms with Gasteiger partial charge in [0.05, 0.1) is 12.6 Å². The van der Waals surface area contributed by atoms with Crippen LogP contribution in [0.2, 0.25) is 0 Å². The van der Waals surface area contributed by atoms with E-state index >= 15 is 0 Å². The molecule has 3 heterocycles. The van der Waals surface area contributed by atoms with Crippen molar-refractivity contribution >= 4 is 21.9 Å². The van der Waals surface area contributed by atoms with Gasteiger partial charge in [-0.1, -0.05) is 30.3 Å². The van der Waals surface area contributed by atoms with E-state index in [4.69, 9.17) is 4.74 Å². The van der Waals surface area contributed by atoms with E-state index in [0.717, 1.165) is 36.0 Å². The van der Waals surface area contributed by atoms with Crippen molar-refractivity contribution in [3.63, 3.8) is 0 Å². The zero-order valence-electron chi connectivity index (χ0n) is 18.0. The first-order valence-corrected chi connectivity index (χ1v) is 11.3. The highest BCUT2D eigenvalue weighted by Gasteiger charge is 2.40. The van der Waals surface area contributed by atoms with Crippen molar-refractivity contribution in [1.82, 2.24) is 19.9 Å². The fraction of sp³-hybridized carbons (Fsp3) is 0.360. The number of nitrogens with zero attached hydrogens (tertiary/aromatic N) is 1. The fourth-order valence-corrected chi connectivity index (χ4v) is 5.91. The number of aromatic nitrogens is 3. The van der Waals surface area contributed by atoms with Gasteiger partial charge in [-0.2, -0.15) is 0 Å². The van der Waals surface area contributed by atoms with Gasteiger partial charge in [0.25, 0.3) is 5.56 Å². The lowest BCUT2D eigenvalue weighted by Crippen LogP contribution is -2.38. The summed E-state index contributed by atoms with van der Waals surface area (Å²) < 4.78 is 6.94. The van der Waals surface area contributed by atoms with E-state index in [-0.39, 0.29) is 17.3 Å². The van der Waals surface area contributed by atoms with Crippen LogP contribution in [-0.2, 0) is 13.0 Å². The van der Waals surface area contributed by atoms with Crippen LogP contribution in [0.5, 0.6) is 5.75 Å². The Balaban J connectivity index is 1.33. The third-order valence-electron chi connectivity index (χ3n) is 7.40. The van der Waals surface area contributed by atoms with Gasteiger partial charge in [0.1, 0.15) is 11.3 Å². The Hall–Kier alpha value is -3.32. The minimum atomic E-state index is -0.354. The van der Waals surface area contributed by atoms with Crippen LogP contribution in [0.15, 0.2) is 52.1 Å². The van der Waals surface area contributed by atoms with Crippen LogP contribution in [0, 0.1) is 5.92 Å². The molecule has 1 fully saturated rings. The van der Waals surface area contributed by atoms with Gasteiger partial charge in [-0.05, 0) is 55.0 Å². The van der Waals surface area contributed by atoms with Crippen LogP contribution in [0.25, 0.3) is 21.9 Å². The lowest BCUT2D eigenvalue weighted by Gasteiger charge is -2.32. The van der Waals surface area contributed by atoms with Gasteiger partial charge in [-0.15, -0.1) is 0 Å². The molecule has 3 atom stereocenters. The van der Waals surface area contributed by atoms with Crippen LogP contribution >= 0.6 is 0 Å². The predicted molar refractivity (Wildman–Crippen MR) is 125 cm³/mol. The van der Waals surface area contributed by atoms with Crippen molar-refractivity contribution in [1.29, 1.82) is 0 Å². The molecule has 0 amide bonds. The normalized spacial score (nSPS) is 22.2. The van der Waals surface area contributed by atoms with Crippen LogP contribution in [0.4, 0.5) is 0 Å². The standard InChI is InChI=1S/C25H26N4O3/c1-32-20-8-4-6-16-15(20)10-9-14-13-26-19(21(14)16)11-12-29-24(30)23-22(28-25(29)31)17-5-2-3-7-18(17)27-23/h2-8,14,19,21,26-27H,9-13H2,1H3,(H,28,31)/t14-,19?,21-/m1/s1. The quantitative estimate of drug-likeness (QED) is 0.464. The molecule has 1 aliphatic carbocycles. The maximum atomic E-state index is 13.2. The van der Waals surface area contributed by atoms with Gasteiger partial charge < -0.3 is 20.0 Å². The highest BCUT2D eigenvalue weighted by molar-refractivity contribution is 6.04. The molecule has 1 aliphatic heterocycles. The molecule has 164 valence electrons. The topological polar surface area (TPSA) is 91.9 Å². The summed E-state index contributed by atoms with van der Waals surface area (Å²) in [6.07, 6.45) is 2.88. The van der Waals surface area contributed by atoms with Crippen LogP contribution in [-0.4, -0.2) is 34.2 Å².